The first-order valence-electron chi connectivity index (χ1n) is 6.94. The summed E-state index contributed by atoms with van der Waals surface area (Å²) in [6.07, 6.45) is 0.257. The van der Waals surface area contributed by atoms with Gasteiger partial charge in [0.05, 0.1) is 17.6 Å². The molecule has 116 valence electrons. The highest BCUT2D eigenvalue weighted by atomic mass is 32.3. The van der Waals surface area contributed by atoms with Gasteiger partial charge in [0.2, 0.25) is 0 Å². The van der Waals surface area contributed by atoms with Crippen molar-refractivity contribution >= 4 is 10.9 Å². The van der Waals surface area contributed by atoms with Gasteiger partial charge in [-0.2, -0.15) is 5.26 Å². The molecule has 0 fully saturated rings. The quantitative estimate of drug-likeness (QED) is 0.807. The highest BCUT2D eigenvalue weighted by molar-refractivity contribution is 8.20. The molecule has 5 heteroatoms. The van der Waals surface area contributed by atoms with Crippen molar-refractivity contribution in [1.82, 2.24) is 0 Å². The molecule has 2 N–H and O–H groups in total. The van der Waals surface area contributed by atoms with Gasteiger partial charge in [0.25, 0.3) is 0 Å². The lowest BCUT2D eigenvalue weighted by atomic mass is 9.97. The summed E-state index contributed by atoms with van der Waals surface area (Å²) in [6.45, 7) is 2.00. The lowest BCUT2D eigenvalue weighted by molar-refractivity contribution is 0.245. The van der Waals surface area contributed by atoms with E-state index in [1.807, 2.05) is 37.3 Å². The van der Waals surface area contributed by atoms with Crippen LogP contribution >= 0.6 is 10.9 Å². The fourth-order valence-corrected chi connectivity index (χ4v) is 3.05. The second-order valence-corrected chi connectivity index (χ2v) is 6.76. The Morgan fingerprint density at radius 1 is 1.09 bits per heavy atom. The second-order valence-electron chi connectivity index (χ2n) is 5.06. The van der Waals surface area contributed by atoms with E-state index in [-0.39, 0.29) is 18.9 Å². The molecule has 4 nitrogen and oxygen atoms in total. The van der Waals surface area contributed by atoms with Crippen LogP contribution in [-0.4, -0.2) is 15.7 Å². The van der Waals surface area contributed by atoms with E-state index in [9.17, 15) is 9.11 Å². The molecule has 0 aromatic heterocycles. The molecule has 2 rings (SSSR count). The van der Waals surface area contributed by atoms with Crippen LogP contribution in [0.2, 0.25) is 0 Å². The summed E-state index contributed by atoms with van der Waals surface area (Å²) in [5, 5.41) is 8.95. The number of hydrogen-bond acceptors (Lipinski definition) is 4. The Kier molecular flexibility index (Phi) is 5.58. The van der Waals surface area contributed by atoms with E-state index in [2.05, 4.69) is 6.07 Å². The molecule has 0 aliphatic carbocycles. The molecular weight excluding hydrogens is 298 g/mol. The van der Waals surface area contributed by atoms with Gasteiger partial charge in [-0.3, -0.25) is 4.18 Å². The Hall–Kier alpha value is -1.84. The van der Waals surface area contributed by atoms with E-state index < -0.39 is 10.9 Å². The maximum absolute atomic E-state index is 10.2. The monoisotopic (exact) mass is 317 g/mol. The van der Waals surface area contributed by atoms with Gasteiger partial charge in [0.1, 0.15) is 10.9 Å². The Bertz CT molecular complexity index is 635. The van der Waals surface area contributed by atoms with Gasteiger partial charge >= 0.3 is 0 Å². The Balaban J connectivity index is 2.08. The molecule has 0 spiro atoms. The van der Waals surface area contributed by atoms with Crippen LogP contribution < -0.4 is 0 Å². The van der Waals surface area contributed by atoms with Crippen LogP contribution in [0.15, 0.2) is 59.5 Å². The molecule has 0 radical (unpaired) electrons. The molecule has 1 atom stereocenters. The SMILES string of the molecule is Cc1ccc(S(O)(O)OCC(CC#N)c2ccccc2)cc1. The number of rotatable bonds is 6. The summed E-state index contributed by atoms with van der Waals surface area (Å²) in [7, 11) is -3.31. The summed E-state index contributed by atoms with van der Waals surface area (Å²) >= 11 is 0. The molecule has 0 heterocycles. The maximum atomic E-state index is 10.2. The topological polar surface area (TPSA) is 73.5 Å². The van der Waals surface area contributed by atoms with Crippen LogP contribution in [0.1, 0.15) is 23.5 Å². The summed E-state index contributed by atoms with van der Waals surface area (Å²) in [4.78, 5) is 0.349. The predicted octanol–water partition coefficient (Wildman–Crippen LogP) is 4.73. The summed E-state index contributed by atoms with van der Waals surface area (Å²) in [5.74, 6) is -0.192. The van der Waals surface area contributed by atoms with Crippen LogP contribution in [0.5, 0.6) is 0 Å². The number of nitriles is 1. The van der Waals surface area contributed by atoms with Crippen molar-refractivity contribution < 1.29 is 13.3 Å². The van der Waals surface area contributed by atoms with Crippen molar-refractivity contribution in [3.8, 4) is 6.07 Å². The van der Waals surface area contributed by atoms with Gasteiger partial charge in [-0.25, -0.2) is 0 Å². The van der Waals surface area contributed by atoms with E-state index >= 15 is 0 Å². The molecule has 1 unspecified atom stereocenters. The Morgan fingerprint density at radius 2 is 1.73 bits per heavy atom. The lowest BCUT2D eigenvalue weighted by Crippen LogP contribution is -2.11. The minimum Gasteiger partial charge on any atom is -0.304 e. The highest BCUT2D eigenvalue weighted by Gasteiger charge is 2.23. The Morgan fingerprint density at radius 3 is 2.32 bits per heavy atom. The minimum absolute atomic E-state index is 0.0772. The lowest BCUT2D eigenvalue weighted by Gasteiger charge is -2.28. The largest absolute Gasteiger partial charge is 0.304 e. The molecule has 0 saturated carbocycles. The fourth-order valence-electron chi connectivity index (χ4n) is 2.07. The number of hydrogen-bond donors (Lipinski definition) is 2. The standard InChI is InChI=1S/C17H19NO3S/c1-14-7-9-17(10-8-14)22(19,20)21-13-16(11-12-18)15-5-3-2-4-6-15/h2-10,16,19-20H,11,13H2,1H3. The molecule has 22 heavy (non-hydrogen) atoms. The van der Waals surface area contributed by atoms with Crippen molar-refractivity contribution in [2.75, 3.05) is 6.61 Å². The molecule has 0 aliphatic heterocycles. The third-order valence-corrected chi connectivity index (χ3v) is 4.72. The van der Waals surface area contributed by atoms with Crippen LogP contribution in [0.4, 0.5) is 0 Å². The molecule has 0 amide bonds. The second kappa shape index (κ2) is 7.43. The fraction of sp³-hybridized carbons (Fsp3) is 0.235. The van der Waals surface area contributed by atoms with E-state index in [1.165, 1.54) is 0 Å². The average Bonchev–Trinajstić information content (AvgIpc) is 2.53. The third-order valence-electron chi connectivity index (χ3n) is 3.37. The smallest absolute Gasteiger partial charge is 0.115 e. The zero-order valence-electron chi connectivity index (χ0n) is 12.3. The van der Waals surface area contributed by atoms with Gasteiger partial charge in [0.15, 0.2) is 0 Å². The van der Waals surface area contributed by atoms with Gasteiger partial charge in [-0.1, -0.05) is 48.0 Å². The molecule has 0 aliphatic rings. The number of benzene rings is 2. The van der Waals surface area contributed by atoms with E-state index in [4.69, 9.17) is 9.44 Å². The van der Waals surface area contributed by atoms with Gasteiger partial charge in [-0.05, 0) is 24.6 Å². The van der Waals surface area contributed by atoms with E-state index in [0.29, 0.717) is 4.90 Å². The van der Waals surface area contributed by atoms with Crippen LogP contribution in [-0.2, 0) is 4.18 Å². The zero-order chi connectivity index (χ0) is 16.0. The first-order chi connectivity index (χ1) is 10.5. The minimum atomic E-state index is -3.31. The van der Waals surface area contributed by atoms with Gasteiger partial charge in [0, 0.05) is 12.3 Å². The van der Waals surface area contributed by atoms with Crippen molar-refractivity contribution in [1.29, 1.82) is 5.26 Å². The van der Waals surface area contributed by atoms with Gasteiger partial charge < -0.3 is 9.11 Å². The molecule has 2 aromatic rings. The summed E-state index contributed by atoms with van der Waals surface area (Å²) in [6, 6.07) is 18.5. The normalized spacial score (nSPS) is 13.4. The van der Waals surface area contributed by atoms with E-state index in [1.54, 1.807) is 24.3 Å². The van der Waals surface area contributed by atoms with Crippen molar-refractivity contribution in [3.05, 3.63) is 65.7 Å². The molecule has 0 bridgehead atoms. The first-order valence-corrected chi connectivity index (χ1v) is 8.41. The number of nitrogens with zero attached hydrogens (tertiary/aromatic N) is 1. The first kappa shape index (κ1) is 16.5. The van der Waals surface area contributed by atoms with Crippen molar-refractivity contribution in [3.63, 3.8) is 0 Å². The van der Waals surface area contributed by atoms with E-state index in [0.717, 1.165) is 11.1 Å². The molecule has 2 aromatic carbocycles. The third kappa shape index (κ3) is 4.33. The predicted molar refractivity (Wildman–Crippen MR) is 87.7 cm³/mol. The molecule has 0 saturated heterocycles. The van der Waals surface area contributed by atoms with Crippen LogP contribution in [0.25, 0.3) is 0 Å². The van der Waals surface area contributed by atoms with Crippen LogP contribution in [0, 0.1) is 18.3 Å². The summed E-state index contributed by atoms with van der Waals surface area (Å²) in [5.41, 5.74) is 1.98. The van der Waals surface area contributed by atoms with Crippen molar-refractivity contribution in [2.45, 2.75) is 24.2 Å². The average molecular weight is 317 g/mol. The van der Waals surface area contributed by atoms with Crippen molar-refractivity contribution in [2.24, 2.45) is 0 Å². The molecular formula is C17H19NO3S. The Labute approximate surface area is 132 Å². The van der Waals surface area contributed by atoms with Gasteiger partial charge in [-0.15, -0.1) is 0 Å². The highest BCUT2D eigenvalue weighted by Crippen LogP contribution is 2.49. The van der Waals surface area contributed by atoms with Crippen LogP contribution in [0.3, 0.4) is 0 Å². The number of aryl methyl sites for hydroxylation is 1. The maximum Gasteiger partial charge on any atom is 0.115 e. The summed E-state index contributed by atoms with van der Waals surface area (Å²) < 4.78 is 25.7. The zero-order valence-corrected chi connectivity index (χ0v) is 13.2.